The molecule has 0 atom stereocenters. The number of benzene rings is 1. The largest absolute Gasteiger partial charge is 0.496 e. The molecule has 3 rings (SSSR count). The van der Waals surface area contributed by atoms with Crippen LogP contribution in [-0.2, 0) is 0 Å². The Hall–Kier alpha value is -2.70. The molecule has 1 aromatic carbocycles. The minimum atomic E-state index is -0.430. The van der Waals surface area contributed by atoms with Gasteiger partial charge in [-0.15, -0.1) is 0 Å². The van der Waals surface area contributed by atoms with Gasteiger partial charge in [0.05, 0.1) is 24.6 Å². The smallest absolute Gasteiger partial charge is 0.177 e. The van der Waals surface area contributed by atoms with Crippen LogP contribution in [0, 0.1) is 5.82 Å². The zero-order chi connectivity index (χ0) is 13.4. The van der Waals surface area contributed by atoms with Crippen LogP contribution in [0.2, 0.25) is 0 Å². The second-order valence-electron chi connectivity index (χ2n) is 3.88. The van der Waals surface area contributed by atoms with Crippen molar-refractivity contribution in [1.82, 2.24) is 20.2 Å². The average molecular weight is 259 g/mol. The van der Waals surface area contributed by atoms with Crippen LogP contribution < -0.4 is 10.5 Å². The van der Waals surface area contributed by atoms with Crippen molar-refractivity contribution in [2.75, 3.05) is 12.8 Å². The number of nitrogens with zero attached hydrogens (tertiary/aromatic N) is 3. The maximum Gasteiger partial charge on any atom is 0.177 e. The van der Waals surface area contributed by atoms with E-state index in [1.54, 1.807) is 12.1 Å². The second kappa shape index (κ2) is 4.20. The van der Waals surface area contributed by atoms with Gasteiger partial charge in [-0.2, -0.15) is 5.10 Å². The SMILES string of the molecule is COc1cccc(F)c1-c1cnc2c(N)n[nH]c2n1. The van der Waals surface area contributed by atoms with Gasteiger partial charge >= 0.3 is 0 Å². The topological polar surface area (TPSA) is 89.7 Å². The highest BCUT2D eigenvalue weighted by atomic mass is 19.1. The second-order valence-corrected chi connectivity index (χ2v) is 3.88. The highest BCUT2D eigenvalue weighted by Crippen LogP contribution is 2.31. The lowest BCUT2D eigenvalue weighted by molar-refractivity contribution is 0.413. The van der Waals surface area contributed by atoms with Crippen LogP contribution in [0.3, 0.4) is 0 Å². The monoisotopic (exact) mass is 259 g/mol. The van der Waals surface area contributed by atoms with Gasteiger partial charge in [0.1, 0.15) is 11.6 Å². The van der Waals surface area contributed by atoms with Crippen molar-refractivity contribution in [1.29, 1.82) is 0 Å². The molecule has 0 aliphatic heterocycles. The summed E-state index contributed by atoms with van der Waals surface area (Å²) in [6.07, 6.45) is 1.44. The molecule has 96 valence electrons. The maximum absolute atomic E-state index is 13.9. The van der Waals surface area contributed by atoms with Crippen molar-refractivity contribution in [3.63, 3.8) is 0 Å². The van der Waals surface area contributed by atoms with Gasteiger partial charge in [0.25, 0.3) is 0 Å². The molecule has 0 bridgehead atoms. The van der Waals surface area contributed by atoms with Crippen LogP contribution in [-0.4, -0.2) is 27.3 Å². The summed E-state index contributed by atoms with van der Waals surface area (Å²) < 4.78 is 19.1. The van der Waals surface area contributed by atoms with Gasteiger partial charge in [0.2, 0.25) is 0 Å². The number of aromatic nitrogens is 4. The highest BCUT2D eigenvalue weighted by molar-refractivity contribution is 5.83. The summed E-state index contributed by atoms with van der Waals surface area (Å²) in [5, 5.41) is 6.44. The maximum atomic E-state index is 13.9. The summed E-state index contributed by atoms with van der Waals surface area (Å²) in [6.45, 7) is 0. The van der Waals surface area contributed by atoms with Crippen LogP contribution in [0.5, 0.6) is 5.75 Å². The minimum Gasteiger partial charge on any atom is -0.496 e. The van der Waals surface area contributed by atoms with E-state index in [1.165, 1.54) is 19.4 Å². The number of methoxy groups -OCH3 is 1. The molecule has 6 nitrogen and oxygen atoms in total. The summed E-state index contributed by atoms with van der Waals surface area (Å²) in [5.74, 6) is 0.219. The molecule has 0 radical (unpaired) electrons. The number of anilines is 1. The lowest BCUT2D eigenvalue weighted by atomic mass is 10.1. The molecule has 3 N–H and O–H groups in total. The third-order valence-electron chi connectivity index (χ3n) is 2.75. The molecule has 2 heterocycles. The van der Waals surface area contributed by atoms with Crippen molar-refractivity contribution < 1.29 is 9.13 Å². The van der Waals surface area contributed by atoms with Crippen LogP contribution in [0.1, 0.15) is 0 Å². The number of ether oxygens (including phenoxy) is 1. The number of nitrogens with one attached hydrogen (secondary N) is 1. The van der Waals surface area contributed by atoms with Gasteiger partial charge in [-0.1, -0.05) is 6.07 Å². The summed E-state index contributed by atoms with van der Waals surface area (Å²) in [5.41, 5.74) is 7.08. The molecule has 0 saturated carbocycles. The number of aromatic amines is 1. The standard InChI is InChI=1S/C12H10FN5O/c1-19-8-4-2-3-6(13)9(8)7-5-15-10-11(14)17-18-12(10)16-7/h2-5H,1H3,(H3,14,16,17,18). The van der Waals surface area contributed by atoms with Gasteiger partial charge in [0, 0.05) is 0 Å². The predicted octanol–water partition coefficient (Wildman–Crippen LogP) is 1.75. The van der Waals surface area contributed by atoms with E-state index in [-0.39, 0.29) is 11.4 Å². The predicted molar refractivity (Wildman–Crippen MR) is 68.0 cm³/mol. The van der Waals surface area contributed by atoms with Crippen LogP contribution in [0.4, 0.5) is 10.2 Å². The lowest BCUT2D eigenvalue weighted by Crippen LogP contribution is -1.95. The number of nitrogen functional groups attached to an aromatic ring is 1. The van der Waals surface area contributed by atoms with Crippen molar-refractivity contribution in [3.8, 4) is 17.0 Å². The normalized spacial score (nSPS) is 10.8. The van der Waals surface area contributed by atoms with E-state index in [0.29, 0.717) is 22.6 Å². The Morgan fingerprint density at radius 3 is 3.00 bits per heavy atom. The third kappa shape index (κ3) is 1.75. The molecular formula is C12H10FN5O. The summed E-state index contributed by atoms with van der Waals surface area (Å²) in [7, 11) is 1.47. The molecule has 0 spiro atoms. The summed E-state index contributed by atoms with van der Waals surface area (Å²) >= 11 is 0. The quantitative estimate of drug-likeness (QED) is 0.731. The Bertz CT molecular complexity index is 755. The van der Waals surface area contributed by atoms with Gasteiger partial charge in [-0.25, -0.2) is 14.4 Å². The van der Waals surface area contributed by atoms with Gasteiger partial charge in [-0.05, 0) is 12.1 Å². The zero-order valence-electron chi connectivity index (χ0n) is 10.0. The summed E-state index contributed by atoms with van der Waals surface area (Å²) in [4.78, 5) is 8.39. The van der Waals surface area contributed by atoms with Crippen molar-refractivity contribution >= 4 is 17.0 Å². The molecule has 19 heavy (non-hydrogen) atoms. The van der Waals surface area contributed by atoms with E-state index in [9.17, 15) is 4.39 Å². The fourth-order valence-electron chi connectivity index (χ4n) is 1.86. The Kier molecular flexibility index (Phi) is 2.52. The lowest BCUT2D eigenvalue weighted by Gasteiger charge is -2.08. The number of nitrogens with two attached hydrogens (primary N) is 1. The first-order valence-corrected chi connectivity index (χ1v) is 5.50. The molecule has 0 saturated heterocycles. The Morgan fingerprint density at radius 1 is 1.37 bits per heavy atom. The van der Waals surface area contributed by atoms with Gasteiger partial charge in [-0.3, -0.25) is 5.10 Å². The van der Waals surface area contributed by atoms with E-state index >= 15 is 0 Å². The van der Waals surface area contributed by atoms with Crippen LogP contribution in [0.15, 0.2) is 24.4 Å². The highest BCUT2D eigenvalue weighted by Gasteiger charge is 2.15. The van der Waals surface area contributed by atoms with Crippen LogP contribution in [0.25, 0.3) is 22.4 Å². The number of H-pyrrole nitrogens is 1. The molecule has 3 aromatic rings. The average Bonchev–Trinajstić information content (AvgIpc) is 2.79. The molecule has 7 heteroatoms. The van der Waals surface area contributed by atoms with E-state index in [4.69, 9.17) is 10.5 Å². The number of rotatable bonds is 2. The number of hydrogen-bond acceptors (Lipinski definition) is 5. The number of hydrogen-bond donors (Lipinski definition) is 2. The molecule has 0 aliphatic carbocycles. The van der Waals surface area contributed by atoms with Gasteiger partial charge in [0.15, 0.2) is 17.0 Å². The van der Waals surface area contributed by atoms with E-state index in [0.717, 1.165) is 0 Å². The third-order valence-corrected chi connectivity index (χ3v) is 2.75. The molecule has 0 aliphatic rings. The van der Waals surface area contributed by atoms with E-state index in [1.807, 2.05) is 0 Å². The number of fused-ring (bicyclic) bond motifs is 1. The van der Waals surface area contributed by atoms with Gasteiger partial charge < -0.3 is 10.5 Å². The molecule has 0 unspecified atom stereocenters. The molecular weight excluding hydrogens is 249 g/mol. The first-order valence-electron chi connectivity index (χ1n) is 5.50. The van der Waals surface area contributed by atoms with E-state index < -0.39 is 5.82 Å². The Balaban J connectivity index is 2.24. The molecule has 0 amide bonds. The first-order chi connectivity index (χ1) is 9.20. The van der Waals surface area contributed by atoms with Crippen molar-refractivity contribution in [2.45, 2.75) is 0 Å². The fourth-order valence-corrected chi connectivity index (χ4v) is 1.86. The Labute approximate surface area is 107 Å². The Morgan fingerprint density at radius 2 is 2.21 bits per heavy atom. The summed E-state index contributed by atoms with van der Waals surface area (Å²) in [6, 6.07) is 4.56. The van der Waals surface area contributed by atoms with Crippen LogP contribution >= 0.6 is 0 Å². The first kappa shape index (κ1) is 11.4. The number of halogens is 1. The van der Waals surface area contributed by atoms with E-state index in [2.05, 4.69) is 20.2 Å². The molecule has 2 aromatic heterocycles. The van der Waals surface area contributed by atoms with Crippen molar-refractivity contribution in [3.05, 3.63) is 30.2 Å². The molecule has 0 fully saturated rings. The minimum absolute atomic E-state index is 0.257. The zero-order valence-corrected chi connectivity index (χ0v) is 10.0. The van der Waals surface area contributed by atoms with Crippen molar-refractivity contribution in [2.24, 2.45) is 0 Å². The fraction of sp³-hybridized carbons (Fsp3) is 0.0833.